The molecule has 0 bridgehead atoms. The van der Waals surface area contributed by atoms with Gasteiger partial charge in [0.25, 0.3) is 0 Å². The Hall–Kier alpha value is -1.00. The molecule has 0 heterocycles. The molecule has 1 aromatic rings. The summed E-state index contributed by atoms with van der Waals surface area (Å²) in [6.45, 7) is 2.94. The molecule has 3 N–H and O–H groups in total. The van der Waals surface area contributed by atoms with Crippen molar-refractivity contribution in [1.29, 1.82) is 0 Å². The van der Waals surface area contributed by atoms with Gasteiger partial charge in [-0.2, -0.15) is 0 Å². The standard InChI is InChI=1S/C11H15F2NO/c1-3-11(15,6-14)9-8(12)5-4-7(2)10(9)13/h4-5,15H,3,6,14H2,1-2H3. The number of nitrogens with two attached hydrogens (primary N) is 1. The normalized spacial score (nSPS) is 15.1. The molecule has 0 amide bonds. The molecule has 0 radical (unpaired) electrons. The Balaban J connectivity index is 3.41. The van der Waals surface area contributed by atoms with Crippen molar-refractivity contribution in [2.24, 2.45) is 5.73 Å². The SMILES string of the molecule is CCC(O)(CN)c1c(F)ccc(C)c1F. The Morgan fingerprint density at radius 3 is 2.47 bits per heavy atom. The lowest BCUT2D eigenvalue weighted by atomic mass is 9.89. The van der Waals surface area contributed by atoms with Crippen LogP contribution in [0.25, 0.3) is 0 Å². The summed E-state index contributed by atoms with van der Waals surface area (Å²) >= 11 is 0. The van der Waals surface area contributed by atoms with E-state index in [2.05, 4.69) is 0 Å². The fourth-order valence-electron chi connectivity index (χ4n) is 1.51. The van der Waals surface area contributed by atoms with Crippen molar-refractivity contribution in [1.82, 2.24) is 0 Å². The van der Waals surface area contributed by atoms with Crippen molar-refractivity contribution in [2.75, 3.05) is 6.54 Å². The molecule has 1 aromatic carbocycles. The van der Waals surface area contributed by atoms with Gasteiger partial charge in [0.2, 0.25) is 0 Å². The highest BCUT2D eigenvalue weighted by molar-refractivity contribution is 5.31. The number of hydrogen-bond donors (Lipinski definition) is 2. The Kier molecular flexibility index (Phi) is 3.42. The molecular weight excluding hydrogens is 200 g/mol. The first kappa shape index (κ1) is 12.1. The maximum atomic E-state index is 13.7. The monoisotopic (exact) mass is 215 g/mol. The molecule has 1 rings (SSSR count). The second-order valence-corrected chi connectivity index (χ2v) is 3.64. The summed E-state index contributed by atoms with van der Waals surface area (Å²) in [4.78, 5) is 0. The van der Waals surface area contributed by atoms with E-state index in [4.69, 9.17) is 5.73 Å². The van der Waals surface area contributed by atoms with E-state index in [1.807, 2.05) is 0 Å². The van der Waals surface area contributed by atoms with Gasteiger partial charge >= 0.3 is 0 Å². The number of aliphatic hydroxyl groups is 1. The third-order valence-electron chi connectivity index (χ3n) is 2.67. The molecule has 0 aromatic heterocycles. The number of halogens is 2. The summed E-state index contributed by atoms with van der Waals surface area (Å²) in [7, 11) is 0. The second-order valence-electron chi connectivity index (χ2n) is 3.64. The van der Waals surface area contributed by atoms with E-state index in [-0.39, 0.29) is 18.5 Å². The van der Waals surface area contributed by atoms with Crippen molar-refractivity contribution in [3.8, 4) is 0 Å². The summed E-state index contributed by atoms with van der Waals surface area (Å²) in [6, 6.07) is 2.48. The zero-order valence-electron chi connectivity index (χ0n) is 8.85. The minimum atomic E-state index is -1.62. The summed E-state index contributed by atoms with van der Waals surface area (Å²) in [5, 5.41) is 9.98. The van der Waals surface area contributed by atoms with Crippen LogP contribution in [0.3, 0.4) is 0 Å². The number of aryl methyl sites for hydroxylation is 1. The summed E-state index contributed by atoms with van der Waals surface area (Å²) < 4.78 is 27.1. The van der Waals surface area contributed by atoms with E-state index in [0.29, 0.717) is 5.56 Å². The van der Waals surface area contributed by atoms with E-state index < -0.39 is 17.2 Å². The van der Waals surface area contributed by atoms with Gasteiger partial charge in [-0.3, -0.25) is 0 Å². The van der Waals surface area contributed by atoms with Gasteiger partial charge in [-0.05, 0) is 25.0 Å². The van der Waals surface area contributed by atoms with Crippen LogP contribution in [0.2, 0.25) is 0 Å². The van der Waals surface area contributed by atoms with Crippen LogP contribution in [-0.2, 0) is 5.60 Å². The van der Waals surface area contributed by atoms with E-state index in [9.17, 15) is 13.9 Å². The van der Waals surface area contributed by atoms with Crippen LogP contribution in [0.4, 0.5) is 8.78 Å². The fraction of sp³-hybridized carbons (Fsp3) is 0.455. The summed E-state index contributed by atoms with van der Waals surface area (Å²) in [5.74, 6) is -1.47. The van der Waals surface area contributed by atoms with Gasteiger partial charge in [0.15, 0.2) is 0 Å². The largest absolute Gasteiger partial charge is 0.384 e. The smallest absolute Gasteiger partial charge is 0.135 e. The van der Waals surface area contributed by atoms with Gasteiger partial charge in [-0.15, -0.1) is 0 Å². The molecule has 1 unspecified atom stereocenters. The first-order valence-corrected chi connectivity index (χ1v) is 4.83. The van der Waals surface area contributed by atoms with Crippen LogP contribution >= 0.6 is 0 Å². The molecule has 0 saturated heterocycles. The van der Waals surface area contributed by atoms with Gasteiger partial charge in [-0.1, -0.05) is 13.0 Å². The summed E-state index contributed by atoms with van der Waals surface area (Å²) in [6.07, 6.45) is 0.167. The molecule has 0 aliphatic rings. The van der Waals surface area contributed by atoms with Crippen LogP contribution in [0.1, 0.15) is 24.5 Å². The molecule has 4 heteroatoms. The van der Waals surface area contributed by atoms with Crippen LogP contribution in [0.5, 0.6) is 0 Å². The minimum Gasteiger partial charge on any atom is -0.384 e. The maximum Gasteiger partial charge on any atom is 0.135 e. The molecule has 2 nitrogen and oxygen atoms in total. The highest BCUT2D eigenvalue weighted by Crippen LogP contribution is 2.30. The zero-order valence-corrected chi connectivity index (χ0v) is 8.85. The predicted octanol–water partition coefficient (Wildman–Crippen LogP) is 1.83. The van der Waals surface area contributed by atoms with Crippen molar-refractivity contribution in [3.05, 3.63) is 34.9 Å². The van der Waals surface area contributed by atoms with Crippen molar-refractivity contribution in [2.45, 2.75) is 25.9 Å². The minimum absolute atomic E-state index is 0.167. The fourth-order valence-corrected chi connectivity index (χ4v) is 1.51. The topological polar surface area (TPSA) is 46.2 Å². The molecule has 84 valence electrons. The Morgan fingerprint density at radius 1 is 1.40 bits per heavy atom. The van der Waals surface area contributed by atoms with Gasteiger partial charge < -0.3 is 10.8 Å². The van der Waals surface area contributed by atoms with Crippen LogP contribution < -0.4 is 5.73 Å². The molecule has 0 aliphatic heterocycles. The van der Waals surface area contributed by atoms with Crippen molar-refractivity contribution < 1.29 is 13.9 Å². The van der Waals surface area contributed by atoms with Gasteiger partial charge in [0, 0.05) is 6.54 Å². The quantitative estimate of drug-likeness (QED) is 0.808. The highest BCUT2D eigenvalue weighted by Gasteiger charge is 2.32. The highest BCUT2D eigenvalue weighted by atomic mass is 19.1. The number of benzene rings is 1. The van der Waals surface area contributed by atoms with Gasteiger partial charge in [0.05, 0.1) is 5.56 Å². The first-order valence-electron chi connectivity index (χ1n) is 4.83. The lowest BCUT2D eigenvalue weighted by Crippen LogP contribution is -2.36. The predicted molar refractivity (Wildman–Crippen MR) is 54.3 cm³/mol. The Labute approximate surface area is 87.7 Å². The second kappa shape index (κ2) is 4.24. The molecular formula is C11H15F2NO. The van der Waals surface area contributed by atoms with Crippen molar-refractivity contribution in [3.63, 3.8) is 0 Å². The summed E-state index contributed by atoms with van der Waals surface area (Å²) in [5.41, 5.74) is 3.70. The van der Waals surface area contributed by atoms with E-state index in [0.717, 1.165) is 6.07 Å². The Bertz CT molecular complexity index is 362. The molecule has 0 spiro atoms. The molecule has 0 aliphatic carbocycles. The average molecular weight is 215 g/mol. The lowest BCUT2D eigenvalue weighted by Gasteiger charge is -2.26. The third kappa shape index (κ3) is 2.01. The van der Waals surface area contributed by atoms with Crippen LogP contribution in [-0.4, -0.2) is 11.7 Å². The van der Waals surface area contributed by atoms with Crippen LogP contribution in [0, 0.1) is 18.6 Å². The molecule has 0 saturated carbocycles. The zero-order chi connectivity index (χ0) is 11.6. The Morgan fingerprint density at radius 2 is 2.00 bits per heavy atom. The first-order chi connectivity index (χ1) is 6.96. The molecule has 0 fully saturated rings. The van der Waals surface area contributed by atoms with Gasteiger partial charge in [-0.25, -0.2) is 8.78 Å². The lowest BCUT2D eigenvalue weighted by molar-refractivity contribution is 0.0342. The van der Waals surface area contributed by atoms with Crippen LogP contribution in [0.15, 0.2) is 12.1 Å². The third-order valence-corrected chi connectivity index (χ3v) is 2.67. The van der Waals surface area contributed by atoms with Crippen molar-refractivity contribution >= 4 is 0 Å². The molecule has 15 heavy (non-hydrogen) atoms. The molecule has 1 atom stereocenters. The maximum absolute atomic E-state index is 13.7. The van der Waals surface area contributed by atoms with E-state index >= 15 is 0 Å². The number of rotatable bonds is 3. The van der Waals surface area contributed by atoms with E-state index in [1.165, 1.54) is 13.0 Å². The number of hydrogen-bond acceptors (Lipinski definition) is 2. The van der Waals surface area contributed by atoms with E-state index in [1.54, 1.807) is 6.92 Å². The van der Waals surface area contributed by atoms with Gasteiger partial charge in [0.1, 0.15) is 17.2 Å². The average Bonchev–Trinajstić information content (AvgIpc) is 2.23.